The second-order valence-electron chi connectivity index (χ2n) is 6.99. The van der Waals surface area contributed by atoms with Gasteiger partial charge in [0.15, 0.2) is 0 Å². The highest BCUT2D eigenvalue weighted by molar-refractivity contribution is 6.31. The highest BCUT2D eigenvalue weighted by Gasteiger charge is 2.18. The summed E-state index contributed by atoms with van der Waals surface area (Å²) in [5.74, 6) is 0.00944. The highest BCUT2D eigenvalue weighted by atomic mass is 35.5. The molecule has 0 unspecified atom stereocenters. The average molecular weight is 411 g/mol. The fraction of sp³-hybridized carbons (Fsp3) is 0.292. The predicted molar refractivity (Wildman–Crippen MR) is 117 cm³/mol. The SMILES string of the molecule is CCc1ccc(C(=O)N(CCOC)Cc2cccn2Cc2ccccc2Cl)cc1. The van der Waals surface area contributed by atoms with Gasteiger partial charge < -0.3 is 14.2 Å². The van der Waals surface area contributed by atoms with Gasteiger partial charge in [-0.15, -0.1) is 0 Å². The van der Waals surface area contributed by atoms with Crippen LogP contribution in [-0.4, -0.2) is 35.6 Å². The van der Waals surface area contributed by atoms with Crippen LogP contribution in [-0.2, 0) is 24.2 Å². The molecule has 29 heavy (non-hydrogen) atoms. The van der Waals surface area contributed by atoms with Crippen molar-refractivity contribution in [3.05, 3.63) is 94.3 Å². The molecule has 3 rings (SSSR count). The van der Waals surface area contributed by atoms with E-state index in [0.717, 1.165) is 22.7 Å². The van der Waals surface area contributed by atoms with Gasteiger partial charge in [0.2, 0.25) is 0 Å². The molecule has 0 aliphatic carbocycles. The van der Waals surface area contributed by atoms with Gasteiger partial charge in [-0.05, 0) is 47.9 Å². The van der Waals surface area contributed by atoms with Crippen LogP contribution in [0.15, 0.2) is 66.9 Å². The minimum Gasteiger partial charge on any atom is -0.383 e. The molecule has 0 N–H and O–H groups in total. The number of benzene rings is 2. The van der Waals surface area contributed by atoms with E-state index < -0.39 is 0 Å². The maximum Gasteiger partial charge on any atom is 0.254 e. The number of rotatable bonds is 9. The van der Waals surface area contributed by atoms with Crippen molar-refractivity contribution >= 4 is 17.5 Å². The molecular formula is C24H27ClN2O2. The molecule has 152 valence electrons. The van der Waals surface area contributed by atoms with E-state index in [-0.39, 0.29) is 5.91 Å². The van der Waals surface area contributed by atoms with E-state index >= 15 is 0 Å². The number of hydrogen-bond acceptors (Lipinski definition) is 2. The normalized spacial score (nSPS) is 10.9. The van der Waals surface area contributed by atoms with Crippen LogP contribution in [0.25, 0.3) is 0 Å². The Bertz CT molecular complexity index is 934. The summed E-state index contributed by atoms with van der Waals surface area (Å²) in [6.07, 6.45) is 2.98. The lowest BCUT2D eigenvalue weighted by Gasteiger charge is -2.24. The Morgan fingerprint density at radius 3 is 2.52 bits per heavy atom. The Kier molecular flexibility index (Phi) is 7.50. The van der Waals surface area contributed by atoms with Gasteiger partial charge in [-0.25, -0.2) is 0 Å². The molecule has 0 aliphatic rings. The fourth-order valence-corrected chi connectivity index (χ4v) is 3.47. The van der Waals surface area contributed by atoms with Crippen molar-refractivity contribution in [3.8, 4) is 0 Å². The Labute approximate surface area is 177 Å². The lowest BCUT2D eigenvalue weighted by molar-refractivity contribution is 0.0676. The summed E-state index contributed by atoms with van der Waals surface area (Å²) >= 11 is 6.33. The zero-order valence-electron chi connectivity index (χ0n) is 17.0. The highest BCUT2D eigenvalue weighted by Crippen LogP contribution is 2.19. The summed E-state index contributed by atoms with van der Waals surface area (Å²) in [5.41, 5.74) is 4.03. The topological polar surface area (TPSA) is 34.5 Å². The molecule has 5 heteroatoms. The van der Waals surface area contributed by atoms with Crippen molar-refractivity contribution in [2.75, 3.05) is 20.3 Å². The van der Waals surface area contributed by atoms with Crippen LogP contribution in [0.4, 0.5) is 0 Å². The van der Waals surface area contributed by atoms with Gasteiger partial charge in [0.1, 0.15) is 0 Å². The van der Waals surface area contributed by atoms with Gasteiger partial charge in [0.05, 0.1) is 13.2 Å². The van der Waals surface area contributed by atoms with Crippen LogP contribution in [0, 0.1) is 0 Å². The average Bonchev–Trinajstić information content (AvgIpc) is 3.19. The predicted octanol–water partition coefficient (Wildman–Crippen LogP) is 5.04. The van der Waals surface area contributed by atoms with Gasteiger partial charge in [-0.2, -0.15) is 0 Å². The molecule has 3 aromatic rings. The minimum atomic E-state index is 0.00944. The standard InChI is InChI=1S/C24H27ClN2O2/c1-3-19-10-12-20(13-11-19)24(28)27(15-16-29-2)18-22-8-6-14-26(22)17-21-7-4-5-9-23(21)25/h4-14H,3,15-18H2,1-2H3. The number of hydrogen-bond donors (Lipinski definition) is 0. The van der Waals surface area contributed by atoms with Crippen LogP contribution in [0.3, 0.4) is 0 Å². The zero-order valence-corrected chi connectivity index (χ0v) is 17.7. The van der Waals surface area contributed by atoms with Crippen LogP contribution < -0.4 is 0 Å². The van der Waals surface area contributed by atoms with Crippen molar-refractivity contribution in [2.45, 2.75) is 26.4 Å². The van der Waals surface area contributed by atoms with Crippen LogP contribution >= 0.6 is 11.6 Å². The fourth-order valence-electron chi connectivity index (χ4n) is 3.27. The van der Waals surface area contributed by atoms with Crippen LogP contribution in [0.5, 0.6) is 0 Å². The number of carbonyl (C=O) groups is 1. The van der Waals surface area contributed by atoms with Crippen molar-refractivity contribution in [1.82, 2.24) is 9.47 Å². The van der Waals surface area contributed by atoms with Gasteiger partial charge in [0, 0.05) is 42.7 Å². The van der Waals surface area contributed by atoms with Crippen molar-refractivity contribution < 1.29 is 9.53 Å². The second kappa shape index (κ2) is 10.3. The summed E-state index contributed by atoms with van der Waals surface area (Å²) in [4.78, 5) is 15.0. The molecule has 1 aromatic heterocycles. The second-order valence-corrected chi connectivity index (χ2v) is 7.40. The molecule has 0 spiro atoms. The Morgan fingerprint density at radius 2 is 1.83 bits per heavy atom. The monoisotopic (exact) mass is 410 g/mol. The smallest absolute Gasteiger partial charge is 0.254 e. The number of ether oxygens (including phenoxy) is 1. The van der Waals surface area contributed by atoms with E-state index in [1.54, 1.807) is 7.11 Å². The first-order valence-corrected chi connectivity index (χ1v) is 10.2. The molecule has 0 bridgehead atoms. The molecule has 1 heterocycles. The molecule has 0 atom stereocenters. The number of aryl methyl sites for hydroxylation is 1. The molecular weight excluding hydrogens is 384 g/mol. The molecule has 0 saturated heterocycles. The van der Waals surface area contributed by atoms with E-state index in [1.807, 2.05) is 71.8 Å². The van der Waals surface area contributed by atoms with E-state index in [1.165, 1.54) is 5.56 Å². The van der Waals surface area contributed by atoms with Gasteiger partial charge in [-0.3, -0.25) is 4.79 Å². The first-order chi connectivity index (χ1) is 14.1. The zero-order chi connectivity index (χ0) is 20.6. The van der Waals surface area contributed by atoms with Gasteiger partial charge in [0.25, 0.3) is 5.91 Å². The Morgan fingerprint density at radius 1 is 1.07 bits per heavy atom. The lowest BCUT2D eigenvalue weighted by atomic mass is 10.1. The van der Waals surface area contributed by atoms with E-state index in [9.17, 15) is 4.79 Å². The maximum atomic E-state index is 13.1. The number of nitrogens with zero attached hydrogens (tertiary/aromatic N) is 2. The summed E-state index contributed by atoms with van der Waals surface area (Å²) in [5, 5.41) is 0.746. The molecule has 1 amide bonds. The molecule has 0 radical (unpaired) electrons. The first-order valence-electron chi connectivity index (χ1n) is 9.87. The molecule has 0 saturated carbocycles. The largest absolute Gasteiger partial charge is 0.383 e. The lowest BCUT2D eigenvalue weighted by Crippen LogP contribution is -2.34. The number of carbonyl (C=O) groups excluding carboxylic acids is 1. The molecule has 2 aromatic carbocycles. The Balaban J connectivity index is 1.79. The summed E-state index contributed by atoms with van der Waals surface area (Å²) in [6, 6.07) is 19.7. The third-order valence-electron chi connectivity index (χ3n) is 5.04. The number of halogens is 1. The van der Waals surface area contributed by atoms with Crippen LogP contribution in [0.2, 0.25) is 5.02 Å². The summed E-state index contributed by atoms with van der Waals surface area (Å²) in [6.45, 7) is 4.30. The van der Waals surface area contributed by atoms with E-state index in [0.29, 0.717) is 31.8 Å². The van der Waals surface area contributed by atoms with Crippen molar-refractivity contribution in [3.63, 3.8) is 0 Å². The van der Waals surface area contributed by atoms with E-state index in [2.05, 4.69) is 11.5 Å². The summed E-state index contributed by atoms with van der Waals surface area (Å²) < 4.78 is 7.37. The molecule has 0 fully saturated rings. The van der Waals surface area contributed by atoms with E-state index in [4.69, 9.17) is 16.3 Å². The van der Waals surface area contributed by atoms with Gasteiger partial charge >= 0.3 is 0 Å². The molecule has 0 aliphatic heterocycles. The quantitative estimate of drug-likeness (QED) is 0.495. The third kappa shape index (κ3) is 5.49. The number of aromatic nitrogens is 1. The van der Waals surface area contributed by atoms with Gasteiger partial charge in [-0.1, -0.05) is 48.9 Å². The number of amides is 1. The third-order valence-corrected chi connectivity index (χ3v) is 5.41. The number of methoxy groups -OCH3 is 1. The van der Waals surface area contributed by atoms with Crippen molar-refractivity contribution in [2.24, 2.45) is 0 Å². The Hall–Kier alpha value is -2.56. The maximum absolute atomic E-state index is 13.1. The van der Waals surface area contributed by atoms with Crippen molar-refractivity contribution in [1.29, 1.82) is 0 Å². The first kappa shape index (κ1) is 21.2. The summed E-state index contributed by atoms with van der Waals surface area (Å²) in [7, 11) is 1.65. The minimum absolute atomic E-state index is 0.00944. The van der Waals surface area contributed by atoms with Crippen LogP contribution in [0.1, 0.15) is 34.1 Å². The molecule has 4 nitrogen and oxygen atoms in total.